The predicted octanol–water partition coefficient (Wildman–Crippen LogP) is 5.59. The number of ether oxygens (including phenoxy) is 2. The van der Waals surface area contributed by atoms with E-state index in [-0.39, 0.29) is 11.5 Å². The number of Topliss-reactive ketones (excluding diaryl/α,β-unsaturated/α-hetero) is 1. The number of nitrogens with zero attached hydrogens (tertiary/aromatic N) is 3. The van der Waals surface area contributed by atoms with Crippen LogP contribution in [0.4, 0.5) is 13.2 Å². The molecule has 0 spiro atoms. The summed E-state index contributed by atoms with van der Waals surface area (Å²) in [6.07, 6.45) is -1.80. The van der Waals surface area contributed by atoms with Crippen LogP contribution in [0.1, 0.15) is 17.5 Å². The highest BCUT2D eigenvalue weighted by molar-refractivity contribution is 5.81. The van der Waals surface area contributed by atoms with Gasteiger partial charge in [-0.15, -0.1) is 18.3 Å². The van der Waals surface area contributed by atoms with Crippen molar-refractivity contribution in [2.45, 2.75) is 25.6 Å². The van der Waals surface area contributed by atoms with Crippen molar-refractivity contribution < 1.29 is 27.4 Å². The number of aromatic nitrogens is 3. The second kappa shape index (κ2) is 10.4. The van der Waals surface area contributed by atoms with E-state index in [1.54, 1.807) is 7.11 Å². The summed E-state index contributed by atoms with van der Waals surface area (Å²) in [5.41, 5.74) is 3.31. The summed E-state index contributed by atoms with van der Waals surface area (Å²) in [4.78, 5) is 16.6. The van der Waals surface area contributed by atoms with Crippen molar-refractivity contribution in [3.8, 4) is 28.6 Å². The number of hydrogen-bond acceptors (Lipinski definition) is 5. The Balaban J connectivity index is 1.33. The molecule has 3 aromatic carbocycles. The monoisotopic (exact) mass is 481 g/mol. The number of ketones is 1. The maximum Gasteiger partial charge on any atom is 0.573 e. The molecule has 0 amide bonds. The molecule has 0 N–H and O–H groups in total. The minimum Gasteiger partial charge on any atom is -0.497 e. The first-order chi connectivity index (χ1) is 16.8. The minimum atomic E-state index is -4.74. The molecule has 0 aliphatic carbocycles. The number of carbonyl (C=O) groups excluding carboxylic acids is 1. The largest absolute Gasteiger partial charge is 0.573 e. The SMILES string of the molecule is COc1ccc(CC(=O)CCc2ccc(-c3ncn(-c4ccc(OC(F)(F)F)cc4)n3)cc2)cc1. The van der Waals surface area contributed by atoms with E-state index in [0.717, 1.165) is 22.4 Å². The second-order valence-electron chi connectivity index (χ2n) is 7.81. The maximum absolute atomic E-state index is 12.3. The van der Waals surface area contributed by atoms with Gasteiger partial charge in [0, 0.05) is 18.4 Å². The van der Waals surface area contributed by atoms with Crippen LogP contribution in [0.15, 0.2) is 79.1 Å². The molecule has 0 aliphatic rings. The first-order valence-corrected chi connectivity index (χ1v) is 10.8. The second-order valence-corrected chi connectivity index (χ2v) is 7.81. The van der Waals surface area contributed by atoms with E-state index >= 15 is 0 Å². The molecule has 35 heavy (non-hydrogen) atoms. The maximum atomic E-state index is 12.3. The number of aryl methyl sites for hydroxylation is 1. The van der Waals surface area contributed by atoms with Gasteiger partial charge in [0.15, 0.2) is 5.82 Å². The molecule has 9 heteroatoms. The molecule has 1 heterocycles. The van der Waals surface area contributed by atoms with Crippen LogP contribution >= 0.6 is 0 Å². The summed E-state index contributed by atoms with van der Waals surface area (Å²) < 4.78 is 47.4. The van der Waals surface area contributed by atoms with Crippen LogP contribution in [-0.2, 0) is 17.6 Å². The number of benzene rings is 3. The van der Waals surface area contributed by atoms with Gasteiger partial charge in [-0.05, 0) is 53.9 Å². The zero-order valence-corrected chi connectivity index (χ0v) is 18.8. The van der Waals surface area contributed by atoms with Crippen LogP contribution in [-0.4, -0.2) is 34.0 Å². The third-order valence-electron chi connectivity index (χ3n) is 5.29. The van der Waals surface area contributed by atoms with Gasteiger partial charge >= 0.3 is 6.36 Å². The molecule has 1 aromatic heterocycles. The summed E-state index contributed by atoms with van der Waals surface area (Å²) in [5, 5.41) is 4.40. The van der Waals surface area contributed by atoms with Crippen molar-refractivity contribution in [1.29, 1.82) is 0 Å². The molecular formula is C26H22F3N3O3. The third kappa shape index (κ3) is 6.69. The molecule has 180 valence electrons. The van der Waals surface area contributed by atoms with E-state index in [4.69, 9.17) is 4.74 Å². The van der Waals surface area contributed by atoms with E-state index in [0.29, 0.717) is 30.8 Å². The van der Waals surface area contributed by atoms with E-state index < -0.39 is 6.36 Å². The Kier molecular flexibility index (Phi) is 7.14. The van der Waals surface area contributed by atoms with Crippen molar-refractivity contribution in [2.75, 3.05) is 7.11 Å². The summed E-state index contributed by atoms with van der Waals surface area (Å²) in [5.74, 6) is 1.09. The van der Waals surface area contributed by atoms with E-state index in [2.05, 4.69) is 14.8 Å². The van der Waals surface area contributed by atoms with Crippen LogP contribution in [0.5, 0.6) is 11.5 Å². The fourth-order valence-corrected chi connectivity index (χ4v) is 3.48. The van der Waals surface area contributed by atoms with Crippen LogP contribution < -0.4 is 9.47 Å². The first-order valence-electron chi connectivity index (χ1n) is 10.8. The molecular weight excluding hydrogens is 459 g/mol. The van der Waals surface area contributed by atoms with Gasteiger partial charge < -0.3 is 9.47 Å². The Morgan fingerprint density at radius 1 is 0.886 bits per heavy atom. The molecule has 6 nitrogen and oxygen atoms in total. The summed E-state index contributed by atoms with van der Waals surface area (Å²) in [6, 6.07) is 20.4. The van der Waals surface area contributed by atoms with Gasteiger partial charge in [0.2, 0.25) is 0 Å². The van der Waals surface area contributed by atoms with E-state index in [9.17, 15) is 18.0 Å². The van der Waals surface area contributed by atoms with Crippen LogP contribution in [0.2, 0.25) is 0 Å². The smallest absolute Gasteiger partial charge is 0.497 e. The van der Waals surface area contributed by atoms with Crippen molar-refractivity contribution in [3.05, 3.63) is 90.3 Å². The van der Waals surface area contributed by atoms with Gasteiger partial charge in [-0.2, -0.15) is 0 Å². The first kappa shape index (κ1) is 24.0. The Hall–Kier alpha value is -4.14. The lowest BCUT2D eigenvalue weighted by molar-refractivity contribution is -0.274. The fourth-order valence-electron chi connectivity index (χ4n) is 3.48. The Morgan fingerprint density at radius 2 is 1.51 bits per heavy atom. The Labute approximate surface area is 200 Å². The normalized spacial score (nSPS) is 11.3. The quantitative estimate of drug-likeness (QED) is 0.312. The average molecular weight is 481 g/mol. The van der Waals surface area contributed by atoms with E-state index in [1.807, 2.05) is 48.5 Å². The lowest BCUT2D eigenvalue weighted by Crippen LogP contribution is -2.17. The highest BCUT2D eigenvalue weighted by Gasteiger charge is 2.31. The van der Waals surface area contributed by atoms with Crippen molar-refractivity contribution >= 4 is 5.78 Å². The van der Waals surface area contributed by atoms with Gasteiger partial charge in [-0.25, -0.2) is 9.67 Å². The number of rotatable bonds is 9. The van der Waals surface area contributed by atoms with Crippen molar-refractivity contribution in [1.82, 2.24) is 14.8 Å². The molecule has 0 saturated carbocycles. The molecule has 0 fully saturated rings. The van der Waals surface area contributed by atoms with Gasteiger partial charge in [-0.3, -0.25) is 4.79 Å². The van der Waals surface area contributed by atoms with Gasteiger partial charge in [0.25, 0.3) is 0 Å². The third-order valence-corrected chi connectivity index (χ3v) is 5.29. The molecule has 0 unspecified atom stereocenters. The topological polar surface area (TPSA) is 66.2 Å². The molecule has 4 rings (SSSR count). The highest BCUT2D eigenvalue weighted by atomic mass is 19.4. The van der Waals surface area contributed by atoms with Crippen LogP contribution in [0, 0.1) is 0 Å². The molecule has 4 aromatic rings. The van der Waals surface area contributed by atoms with Crippen LogP contribution in [0.25, 0.3) is 17.1 Å². The number of alkyl halides is 3. The summed E-state index contributed by atoms with van der Waals surface area (Å²) in [7, 11) is 1.60. The number of hydrogen-bond donors (Lipinski definition) is 0. The molecule has 0 atom stereocenters. The minimum absolute atomic E-state index is 0.159. The Morgan fingerprint density at radius 3 is 2.14 bits per heavy atom. The molecule has 0 radical (unpaired) electrons. The fraction of sp³-hybridized carbons (Fsp3) is 0.192. The zero-order valence-electron chi connectivity index (χ0n) is 18.8. The molecule has 0 aliphatic heterocycles. The standard InChI is InChI=1S/C26H22F3N3O3/c1-34-23-12-5-19(6-13-23)16-22(33)11-4-18-2-7-20(8-3-18)25-30-17-32(31-25)21-9-14-24(15-10-21)35-26(27,28)29/h2-3,5-10,12-15,17H,4,11,16H2,1H3. The van der Waals surface area contributed by atoms with Crippen molar-refractivity contribution in [2.24, 2.45) is 0 Å². The van der Waals surface area contributed by atoms with Gasteiger partial charge in [0.05, 0.1) is 12.8 Å². The average Bonchev–Trinajstić information content (AvgIpc) is 3.33. The van der Waals surface area contributed by atoms with Crippen molar-refractivity contribution in [3.63, 3.8) is 0 Å². The lowest BCUT2D eigenvalue weighted by Gasteiger charge is -2.09. The summed E-state index contributed by atoms with van der Waals surface area (Å²) in [6.45, 7) is 0. The highest BCUT2D eigenvalue weighted by Crippen LogP contribution is 2.24. The zero-order chi connectivity index (χ0) is 24.8. The van der Waals surface area contributed by atoms with Crippen LogP contribution in [0.3, 0.4) is 0 Å². The van der Waals surface area contributed by atoms with E-state index in [1.165, 1.54) is 35.3 Å². The number of halogens is 3. The molecule has 0 saturated heterocycles. The lowest BCUT2D eigenvalue weighted by atomic mass is 10.0. The number of methoxy groups -OCH3 is 1. The van der Waals surface area contributed by atoms with Gasteiger partial charge in [-0.1, -0.05) is 36.4 Å². The molecule has 0 bridgehead atoms. The van der Waals surface area contributed by atoms with Gasteiger partial charge in [0.1, 0.15) is 23.6 Å². The number of carbonyl (C=O) groups is 1. The predicted molar refractivity (Wildman–Crippen MR) is 124 cm³/mol. The summed E-state index contributed by atoms with van der Waals surface area (Å²) >= 11 is 0. The Bertz CT molecular complexity index is 1270.